The maximum atomic E-state index is 13.5. The molecule has 0 radical (unpaired) electrons. The van der Waals surface area contributed by atoms with Crippen molar-refractivity contribution in [3.05, 3.63) is 47.6 Å². The summed E-state index contributed by atoms with van der Waals surface area (Å²) in [4.78, 5) is 33.5. The Bertz CT molecular complexity index is 1100. The fourth-order valence-corrected chi connectivity index (χ4v) is 4.46. The van der Waals surface area contributed by atoms with E-state index in [4.69, 9.17) is 28.5 Å². The maximum absolute atomic E-state index is 13.5. The summed E-state index contributed by atoms with van der Waals surface area (Å²) in [5.41, 5.74) is 1.14. The molecule has 11 nitrogen and oxygen atoms in total. The predicted octanol–water partition coefficient (Wildman–Crippen LogP) is 4.17. The zero-order chi connectivity index (χ0) is 30.2. The Balaban J connectivity index is 1.98. The normalized spacial score (nSPS) is 22.4. The van der Waals surface area contributed by atoms with E-state index in [0.29, 0.717) is 56.2 Å². The predicted molar refractivity (Wildman–Crippen MR) is 157 cm³/mol. The van der Waals surface area contributed by atoms with Gasteiger partial charge in [0.2, 0.25) is 0 Å². The first-order chi connectivity index (χ1) is 20.4. The molecular formula is C31H44N2O9. The molecule has 1 unspecified atom stereocenters. The molecule has 42 heavy (non-hydrogen) atoms. The maximum Gasteiger partial charge on any atom is 0.342 e. The minimum atomic E-state index is -0.723. The topological polar surface area (TPSA) is 125 Å². The van der Waals surface area contributed by atoms with Gasteiger partial charge in [-0.05, 0) is 64.2 Å². The van der Waals surface area contributed by atoms with Crippen LogP contribution in [-0.2, 0) is 30.3 Å². The SMILES string of the molecule is CCOCOc1cc2c(c(OCOCC)c1)C(=O)O[C@H](C)C/C=C/C(O)C/C=C/C(=N/OCC(=O)N1CCCCC1)C2. The van der Waals surface area contributed by atoms with Gasteiger partial charge in [-0.1, -0.05) is 23.4 Å². The molecule has 1 aromatic rings. The van der Waals surface area contributed by atoms with E-state index in [2.05, 4.69) is 5.16 Å². The van der Waals surface area contributed by atoms with Gasteiger partial charge in [-0.2, -0.15) is 0 Å². The van der Waals surface area contributed by atoms with Crippen LogP contribution in [0, 0.1) is 0 Å². The molecule has 1 N–H and O–H groups in total. The molecule has 1 saturated heterocycles. The second-order valence-corrected chi connectivity index (χ2v) is 10.0. The van der Waals surface area contributed by atoms with Crippen molar-refractivity contribution in [2.75, 3.05) is 46.5 Å². The number of rotatable bonds is 11. The summed E-state index contributed by atoms with van der Waals surface area (Å²) in [7, 11) is 0. The highest BCUT2D eigenvalue weighted by molar-refractivity contribution is 6.00. The lowest BCUT2D eigenvalue weighted by Crippen LogP contribution is -2.37. The van der Waals surface area contributed by atoms with Crippen LogP contribution in [0.2, 0.25) is 0 Å². The Kier molecular flexibility index (Phi) is 14.3. The van der Waals surface area contributed by atoms with Crippen LogP contribution < -0.4 is 9.47 Å². The van der Waals surface area contributed by atoms with Gasteiger partial charge in [0.15, 0.2) is 20.2 Å². The van der Waals surface area contributed by atoms with Crippen LogP contribution in [0.3, 0.4) is 0 Å². The van der Waals surface area contributed by atoms with Gasteiger partial charge >= 0.3 is 5.97 Å². The van der Waals surface area contributed by atoms with E-state index < -0.39 is 18.2 Å². The molecule has 0 aliphatic carbocycles. The fourth-order valence-electron chi connectivity index (χ4n) is 4.46. The van der Waals surface area contributed by atoms with Crippen LogP contribution in [0.1, 0.15) is 68.8 Å². The minimum Gasteiger partial charge on any atom is -0.467 e. The van der Waals surface area contributed by atoms with Gasteiger partial charge in [0.05, 0.1) is 11.8 Å². The van der Waals surface area contributed by atoms with E-state index in [0.717, 1.165) is 19.3 Å². The molecule has 1 amide bonds. The number of esters is 1. The lowest BCUT2D eigenvalue weighted by molar-refractivity contribution is -0.137. The number of cyclic esters (lactones) is 1. The van der Waals surface area contributed by atoms with Crippen LogP contribution in [0.5, 0.6) is 11.5 Å². The van der Waals surface area contributed by atoms with Crippen LogP contribution >= 0.6 is 0 Å². The Morgan fingerprint density at radius 1 is 1.05 bits per heavy atom. The van der Waals surface area contributed by atoms with Gasteiger partial charge < -0.3 is 38.5 Å². The van der Waals surface area contributed by atoms with Gasteiger partial charge in [-0.25, -0.2) is 4.79 Å². The Labute approximate surface area is 248 Å². The lowest BCUT2D eigenvalue weighted by Gasteiger charge is -2.26. The first-order valence-corrected chi connectivity index (χ1v) is 14.7. The molecule has 1 aromatic carbocycles. The molecule has 2 aliphatic rings. The number of fused-ring (bicyclic) bond motifs is 1. The van der Waals surface area contributed by atoms with Gasteiger partial charge in [-0.3, -0.25) is 4.79 Å². The molecule has 2 heterocycles. The van der Waals surface area contributed by atoms with E-state index >= 15 is 0 Å². The number of carbonyl (C=O) groups excluding carboxylic acids is 2. The van der Waals surface area contributed by atoms with Gasteiger partial charge in [-0.15, -0.1) is 0 Å². The number of amides is 1. The largest absolute Gasteiger partial charge is 0.467 e. The van der Waals surface area contributed by atoms with Crippen LogP contribution in [0.25, 0.3) is 0 Å². The number of ether oxygens (including phenoxy) is 5. The minimum absolute atomic E-state index is 0.00840. The lowest BCUT2D eigenvalue weighted by atomic mass is 9.99. The first kappa shape index (κ1) is 33.1. The Morgan fingerprint density at radius 2 is 1.79 bits per heavy atom. The second-order valence-electron chi connectivity index (χ2n) is 10.0. The summed E-state index contributed by atoms with van der Waals surface area (Å²) in [6.07, 6.45) is 9.71. The number of allylic oxidation sites excluding steroid dienone is 1. The van der Waals surface area contributed by atoms with Crippen molar-refractivity contribution >= 4 is 17.6 Å². The van der Waals surface area contributed by atoms with E-state index in [1.165, 1.54) is 0 Å². The molecule has 2 atom stereocenters. The molecule has 2 aliphatic heterocycles. The molecule has 0 aromatic heterocycles. The van der Waals surface area contributed by atoms with Crippen LogP contribution in [-0.4, -0.2) is 86.3 Å². The third kappa shape index (κ3) is 11.1. The summed E-state index contributed by atoms with van der Waals surface area (Å²) < 4.78 is 28.1. The average molecular weight is 589 g/mol. The Morgan fingerprint density at radius 3 is 2.52 bits per heavy atom. The zero-order valence-corrected chi connectivity index (χ0v) is 24.9. The molecule has 1 fully saturated rings. The summed E-state index contributed by atoms with van der Waals surface area (Å²) in [6, 6.07) is 3.30. The number of oxime groups is 1. The van der Waals surface area contributed by atoms with E-state index in [9.17, 15) is 14.7 Å². The van der Waals surface area contributed by atoms with Crippen molar-refractivity contribution in [2.45, 2.75) is 71.5 Å². The summed E-state index contributed by atoms with van der Waals surface area (Å²) in [5.74, 6) is -0.0673. The standard InChI is InChI=1S/C31H44N2O9/c1-4-37-21-39-27-18-24-17-25(32-41-20-29(35)33-15-7-6-8-16-33)12-10-14-26(34)13-9-11-23(3)42-31(36)30(24)28(19-27)40-22-38-5-2/h9-10,12-13,18-19,23,26,34H,4-8,11,14-17,20-22H2,1-3H3/b12-10+,13-9+,32-25-/t23-,26?/m1/s1. The number of carbonyl (C=O) groups is 2. The number of aliphatic hydroxyl groups excluding tert-OH is 1. The Hall–Kier alpha value is -3.41. The van der Waals surface area contributed by atoms with Crippen molar-refractivity contribution in [1.29, 1.82) is 0 Å². The van der Waals surface area contributed by atoms with Crippen LogP contribution in [0.15, 0.2) is 41.6 Å². The smallest absolute Gasteiger partial charge is 0.342 e. The molecule has 232 valence electrons. The van der Waals surface area contributed by atoms with Crippen LogP contribution in [0.4, 0.5) is 0 Å². The van der Waals surface area contributed by atoms with Crippen molar-refractivity contribution in [2.24, 2.45) is 5.16 Å². The number of benzene rings is 1. The van der Waals surface area contributed by atoms with E-state index in [-0.39, 0.29) is 43.8 Å². The summed E-state index contributed by atoms with van der Waals surface area (Å²) in [5, 5.41) is 14.6. The summed E-state index contributed by atoms with van der Waals surface area (Å²) in [6.45, 7) is 7.54. The van der Waals surface area contributed by atoms with Crippen molar-refractivity contribution in [1.82, 2.24) is 4.90 Å². The van der Waals surface area contributed by atoms with E-state index in [1.807, 2.05) is 13.8 Å². The van der Waals surface area contributed by atoms with Gasteiger partial charge in [0.25, 0.3) is 5.91 Å². The molecule has 0 bridgehead atoms. The van der Waals surface area contributed by atoms with Gasteiger partial charge in [0, 0.05) is 45.2 Å². The molecule has 3 rings (SSSR count). The third-order valence-corrected chi connectivity index (χ3v) is 6.65. The number of nitrogens with zero attached hydrogens (tertiary/aromatic N) is 2. The van der Waals surface area contributed by atoms with Crippen molar-refractivity contribution in [3.63, 3.8) is 0 Å². The number of likely N-dealkylation sites (tertiary alicyclic amines) is 1. The second kappa shape index (κ2) is 18.2. The zero-order valence-electron chi connectivity index (χ0n) is 24.9. The monoisotopic (exact) mass is 588 g/mol. The van der Waals surface area contributed by atoms with E-state index in [1.54, 1.807) is 48.3 Å². The number of aliphatic hydroxyl groups is 1. The highest BCUT2D eigenvalue weighted by atomic mass is 16.7. The molecular weight excluding hydrogens is 544 g/mol. The quantitative estimate of drug-likeness (QED) is 0.133. The van der Waals surface area contributed by atoms with Crippen molar-refractivity contribution < 1.29 is 43.2 Å². The fraction of sp³-hybridized carbons (Fsp3) is 0.581. The third-order valence-electron chi connectivity index (χ3n) is 6.65. The molecule has 0 spiro atoms. The molecule has 0 saturated carbocycles. The summed E-state index contributed by atoms with van der Waals surface area (Å²) >= 11 is 0. The van der Waals surface area contributed by atoms with Crippen molar-refractivity contribution in [3.8, 4) is 11.5 Å². The number of hydrogen-bond donors (Lipinski definition) is 1. The molecule has 11 heteroatoms. The number of hydrogen-bond acceptors (Lipinski definition) is 10. The first-order valence-electron chi connectivity index (χ1n) is 14.7. The highest BCUT2D eigenvalue weighted by Gasteiger charge is 2.24. The number of piperidine rings is 1. The highest BCUT2D eigenvalue weighted by Crippen LogP contribution is 2.32. The van der Waals surface area contributed by atoms with Gasteiger partial charge in [0.1, 0.15) is 23.2 Å². The average Bonchev–Trinajstić information content (AvgIpc) is 2.97.